The Kier molecular flexibility index (Phi) is 4.22. The number of anilines is 1. The first-order valence-corrected chi connectivity index (χ1v) is 7.29. The minimum absolute atomic E-state index is 0.168. The molecule has 0 aliphatic carbocycles. The number of amides is 1. The van der Waals surface area contributed by atoms with Gasteiger partial charge >= 0.3 is 0 Å². The second-order valence-electron chi connectivity index (χ2n) is 5.01. The molecule has 1 amide bonds. The van der Waals surface area contributed by atoms with Crippen LogP contribution in [-0.4, -0.2) is 28.9 Å². The quantitative estimate of drug-likeness (QED) is 0.948. The van der Waals surface area contributed by atoms with Crippen LogP contribution >= 0.6 is 11.6 Å². The van der Waals surface area contributed by atoms with Gasteiger partial charge in [0.2, 0.25) is 0 Å². The minimum Gasteiger partial charge on any atom is -0.381 e. The fourth-order valence-corrected chi connectivity index (χ4v) is 2.48. The number of carbonyl (C=O) groups excluding carboxylic acids is 1. The van der Waals surface area contributed by atoms with E-state index >= 15 is 0 Å². The van der Waals surface area contributed by atoms with Crippen molar-refractivity contribution < 1.29 is 9.53 Å². The van der Waals surface area contributed by atoms with Gasteiger partial charge in [0.25, 0.3) is 5.91 Å². The van der Waals surface area contributed by atoms with E-state index < -0.39 is 0 Å². The van der Waals surface area contributed by atoms with Crippen molar-refractivity contribution in [3.63, 3.8) is 0 Å². The molecule has 21 heavy (non-hydrogen) atoms. The summed E-state index contributed by atoms with van der Waals surface area (Å²) in [7, 11) is 0. The maximum Gasteiger partial charge on any atom is 0.255 e. The van der Waals surface area contributed by atoms with Crippen LogP contribution < -0.4 is 5.32 Å². The molecule has 0 unspecified atom stereocenters. The third-order valence-corrected chi connectivity index (χ3v) is 3.78. The van der Waals surface area contributed by atoms with E-state index in [9.17, 15) is 4.79 Å². The van der Waals surface area contributed by atoms with E-state index in [1.54, 1.807) is 30.5 Å². The van der Waals surface area contributed by atoms with Gasteiger partial charge in [-0.2, -0.15) is 5.10 Å². The zero-order valence-electron chi connectivity index (χ0n) is 11.5. The summed E-state index contributed by atoms with van der Waals surface area (Å²) in [6, 6.07) is 7.13. The molecule has 0 bridgehead atoms. The normalized spacial score (nSPS) is 15.9. The monoisotopic (exact) mass is 305 g/mol. The molecule has 3 rings (SSSR count). The van der Waals surface area contributed by atoms with Crippen LogP contribution in [-0.2, 0) is 4.74 Å². The summed E-state index contributed by atoms with van der Waals surface area (Å²) in [4.78, 5) is 12.1. The van der Waals surface area contributed by atoms with Crippen LogP contribution in [0.5, 0.6) is 0 Å². The molecule has 2 aromatic rings. The smallest absolute Gasteiger partial charge is 0.255 e. The molecular formula is C15H16ClN3O2. The fraction of sp³-hybridized carbons (Fsp3) is 0.333. The number of hydrogen-bond acceptors (Lipinski definition) is 3. The van der Waals surface area contributed by atoms with E-state index in [1.165, 1.54) is 0 Å². The van der Waals surface area contributed by atoms with Crippen molar-refractivity contribution >= 4 is 23.2 Å². The molecule has 1 N–H and O–H groups in total. The molecule has 0 saturated carbocycles. The number of nitrogens with one attached hydrogen (secondary N) is 1. The standard InChI is InChI=1S/C15H16ClN3O2/c16-12-3-1-11(2-4-12)15(20)18-13-9-17-19(10-13)14-5-7-21-8-6-14/h1-4,9-10,14H,5-8H2,(H,18,20). The van der Waals surface area contributed by atoms with Gasteiger partial charge in [-0.15, -0.1) is 0 Å². The van der Waals surface area contributed by atoms with E-state index in [4.69, 9.17) is 16.3 Å². The first-order valence-electron chi connectivity index (χ1n) is 6.91. The molecule has 5 nitrogen and oxygen atoms in total. The van der Waals surface area contributed by atoms with Gasteiger partial charge in [-0.1, -0.05) is 11.6 Å². The van der Waals surface area contributed by atoms with Gasteiger partial charge in [-0.05, 0) is 37.1 Å². The number of hydrogen-bond donors (Lipinski definition) is 1. The molecule has 0 radical (unpaired) electrons. The SMILES string of the molecule is O=C(Nc1cnn(C2CCOCC2)c1)c1ccc(Cl)cc1. The van der Waals surface area contributed by atoms with Crippen LogP contribution in [0.15, 0.2) is 36.7 Å². The Morgan fingerprint density at radius 3 is 2.71 bits per heavy atom. The summed E-state index contributed by atoms with van der Waals surface area (Å²) in [6.45, 7) is 1.52. The molecule has 1 fully saturated rings. The van der Waals surface area contributed by atoms with Crippen LogP contribution in [0.25, 0.3) is 0 Å². The Morgan fingerprint density at radius 2 is 2.00 bits per heavy atom. The van der Waals surface area contributed by atoms with Crippen molar-refractivity contribution in [2.24, 2.45) is 0 Å². The summed E-state index contributed by atoms with van der Waals surface area (Å²) in [5, 5.41) is 7.78. The first kappa shape index (κ1) is 14.1. The number of aromatic nitrogens is 2. The Morgan fingerprint density at radius 1 is 1.29 bits per heavy atom. The van der Waals surface area contributed by atoms with Crippen LogP contribution in [0.2, 0.25) is 5.02 Å². The highest BCUT2D eigenvalue weighted by Gasteiger charge is 2.17. The Bertz CT molecular complexity index is 618. The lowest BCUT2D eigenvalue weighted by Gasteiger charge is -2.22. The summed E-state index contributed by atoms with van der Waals surface area (Å²) < 4.78 is 7.24. The lowest BCUT2D eigenvalue weighted by molar-refractivity contribution is 0.0662. The number of rotatable bonds is 3. The largest absolute Gasteiger partial charge is 0.381 e. The van der Waals surface area contributed by atoms with Gasteiger partial charge in [0.1, 0.15) is 0 Å². The number of carbonyl (C=O) groups is 1. The number of halogens is 1. The average Bonchev–Trinajstić information content (AvgIpc) is 2.97. The molecule has 1 aromatic heterocycles. The van der Waals surface area contributed by atoms with Crippen molar-refractivity contribution in [3.05, 3.63) is 47.2 Å². The Hall–Kier alpha value is -1.85. The predicted molar refractivity (Wildman–Crippen MR) is 80.7 cm³/mol. The van der Waals surface area contributed by atoms with Crippen molar-refractivity contribution in [1.29, 1.82) is 0 Å². The Labute approximate surface area is 127 Å². The lowest BCUT2D eigenvalue weighted by atomic mass is 10.1. The van der Waals surface area contributed by atoms with Crippen LogP contribution in [0.1, 0.15) is 29.2 Å². The molecule has 1 aromatic carbocycles. The van der Waals surface area contributed by atoms with E-state index in [0.717, 1.165) is 26.1 Å². The maximum absolute atomic E-state index is 12.1. The van der Waals surface area contributed by atoms with Crippen molar-refractivity contribution in [1.82, 2.24) is 9.78 Å². The summed E-state index contributed by atoms with van der Waals surface area (Å²) >= 11 is 5.81. The molecule has 2 heterocycles. The molecule has 1 saturated heterocycles. The van der Waals surface area contributed by atoms with E-state index in [1.807, 2.05) is 10.9 Å². The summed E-state index contributed by atoms with van der Waals surface area (Å²) in [5.41, 5.74) is 1.26. The van der Waals surface area contributed by atoms with Crippen molar-refractivity contribution in [2.45, 2.75) is 18.9 Å². The van der Waals surface area contributed by atoms with Gasteiger partial charge in [-0.25, -0.2) is 0 Å². The molecular weight excluding hydrogens is 290 g/mol. The highest BCUT2D eigenvalue weighted by molar-refractivity contribution is 6.30. The third kappa shape index (κ3) is 3.43. The highest BCUT2D eigenvalue weighted by Crippen LogP contribution is 2.21. The molecule has 110 valence electrons. The van der Waals surface area contributed by atoms with Gasteiger partial charge in [-0.3, -0.25) is 9.48 Å². The van der Waals surface area contributed by atoms with Crippen molar-refractivity contribution in [3.8, 4) is 0 Å². The summed E-state index contributed by atoms with van der Waals surface area (Å²) in [5.74, 6) is -0.168. The highest BCUT2D eigenvalue weighted by atomic mass is 35.5. The summed E-state index contributed by atoms with van der Waals surface area (Å²) in [6.07, 6.45) is 5.44. The second kappa shape index (κ2) is 6.28. The van der Waals surface area contributed by atoms with E-state index in [-0.39, 0.29) is 5.91 Å². The predicted octanol–water partition coefficient (Wildman–Crippen LogP) is 3.14. The van der Waals surface area contributed by atoms with Crippen LogP contribution in [0, 0.1) is 0 Å². The number of benzene rings is 1. The molecule has 0 atom stereocenters. The molecule has 0 spiro atoms. The van der Waals surface area contributed by atoms with Crippen LogP contribution in [0.4, 0.5) is 5.69 Å². The van der Waals surface area contributed by atoms with E-state index in [2.05, 4.69) is 10.4 Å². The average molecular weight is 306 g/mol. The molecule has 1 aliphatic rings. The zero-order chi connectivity index (χ0) is 14.7. The van der Waals surface area contributed by atoms with Gasteiger partial charge in [0.15, 0.2) is 0 Å². The zero-order valence-corrected chi connectivity index (χ0v) is 12.2. The Balaban J connectivity index is 1.66. The fourth-order valence-electron chi connectivity index (χ4n) is 2.36. The van der Waals surface area contributed by atoms with Crippen molar-refractivity contribution in [2.75, 3.05) is 18.5 Å². The number of ether oxygens (including phenoxy) is 1. The molecule has 6 heteroatoms. The van der Waals surface area contributed by atoms with E-state index in [0.29, 0.717) is 22.3 Å². The third-order valence-electron chi connectivity index (χ3n) is 3.53. The first-order chi connectivity index (χ1) is 10.2. The second-order valence-corrected chi connectivity index (χ2v) is 5.45. The van der Waals surface area contributed by atoms with Gasteiger partial charge < -0.3 is 10.1 Å². The molecule has 1 aliphatic heterocycles. The van der Waals surface area contributed by atoms with Gasteiger partial charge in [0, 0.05) is 30.0 Å². The van der Waals surface area contributed by atoms with Gasteiger partial charge in [0.05, 0.1) is 17.9 Å². The minimum atomic E-state index is -0.168. The van der Waals surface area contributed by atoms with Crippen LogP contribution in [0.3, 0.4) is 0 Å². The maximum atomic E-state index is 12.1. The number of nitrogens with zero attached hydrogens (tertiary/aromatic N) is 2. The topological polar surface area (TPSA) is 56.2 Å². The lowest BCUT2D eigenvalue weighted by Crippen LogP contribution is -2.19.